The first kappa shape index (κ1) is 18.2. The van der Waals surface area contributed by atoms with Crippen molar-refractivity contribution in [1.29, 1.82) is 0 Å². The lowest BCUT2D eigenvalue weighted by atomic mass is 10.1. The van der Waals surface area contributed by atoms with Gasteiger partial charge in [-0.1, -0.05) is 23.7 Å². The third-order valence-electron chi connectivity index (χ3n) is 3.78. The zero-order chi connectivity index (χ0) is 18.5. The number of methoxy groups -OCH3 is 1. The van der Waals surface area contributed by atoms with Gasteiger partial charge in [-0.15, -0.1) is 11.3 Å². The molecule has 0 atom stereocenters. The second-order valence-electron chi connectivity index (χ2n) is 5.66. The van der Waals surface area contributed by atoms with E-state index in [0.29, 0.717) is 16.7 Å². The van der Waals surface area contributed by atoms with E-state index in [4.69, 9.17) is 16.3 Å². The molecule has 1 aromatic heterocycles. The number of anilines is 1. The minimum atomic E-state index is -0.299. The molecule has 3 rings (SSSR count). The number of carbonyl (C=O) groups excluding carboxylic acids is 1. The standard InChI is InChI=1S/C19H18ClN3O2S/c1-12-9-14(5-8-17(12)25-2)16-11-26-19(22-16)23-18(24)21-10-13-3-6-15(20)7-4-13/h3-9,11H,10H2,1-2H3,(H2,21,22,23,24). The Kier molecular flexibility index (Phi) is 5.75. The number of nitrogens with one attached hydrogen (secondary N) is 2. The fourth-order valence-electron chi connectivity index (χ4n) is 2.43. The van der Waals surface area contributed by atoms with Crippen LogP contribution in [0.2, 0.25) is 5.02 Å². The summed E-state index contributed by atoms with van der Waals surface area (Å²) in [5.41, 5.74) is 3.80. The number of thiazole rings is 1. The summed E-state index contributed by atoms with van der Waals surface area (Å²) < 4.78 is 5.27. The molecule has 2 amide bonds. The van der Waals surface area contributed by atoms with Crippen LogP contribution in [-0.4, -0.2) is 18.1 Å². The summed E-state index contributed by atoms with van der Waals surface area (Å²) in [6.07, 6.45) is 0. The van der Waals surface area contributed by atoms with Gasteiger partial charge in [0.15, 0.2) is 5.13 Å². The molecule has 5 nitrogen and oxygen atoms in total. The molecule has 1 heterocycles. The summed E-state index contributed by atoms with van der Waals surface area (Å²) in [5, 5.41) is 8.68. The number of hydrogen-bond donors (Lipinski definition) is 2. The van der Waals surface area contributed by atoms with Crippen LogP contribution in [0.1, 0.15) is 11.1 Å². The first-order chi connectivity index (χ1) is 12.5. The van der Waals surface area contributed by atoms with E-state index in [0.717, 1.165) is 28.1 Å². The molecular weight excluding hydrogens is 370 g/mol. The summed E-state index contributed by atoms with van der Waals surface area (Å²) in [7, 11) is 1.65. The Balaban J connectivity index is 1.60. The molecule has 26 heavy (non-hydrogen) atoms. The van der Waals surface area contributed by atoms with E-state index in [1.165, 1.54) is 11.3 Å². The molecule has 0 aliphatic carbocycles. The zero-order valence-corrected chi connectivity index (χ0v) is 15.9. The fourth-order valence-corrected chi connectivity index (χ4v) is 3.27. The van der Waals surface area contributed by atoms with Crippen LogP contribution in [-0.2, 0) is 6.54 Å². The van der Waals surface area contributed by atoms with Crippen molar-refractivity contribution < 1.29 is 9.53 Å². The minimum Gasteiger partial charge on any atom is -0.496 e. The first-order valence-electron chi connectivity index (χ1n) is 7.95. The molecule has 0 saturated carbocycles. The molecule has 0 bridgehead atoms. The van der Waals surface area contributed by atoms with Gasteiger partial charge in [0, 0.05) is 22.5 Å². The van der Waals surface area contributed by atoms with Gasteiger partial charge in [-0.2, -0.15) is 0 Å². The smallest absolute Gasteiger partial charge is 0.321 e. The van der Waals surface area contributed by atoms with E-state index in [2.05, 4.69) is 15.6 Å². The predicted octanol–water partition coefficient (Wildman–Crippen LogP) is 5.10. The van der Waals surface area contributed by atoms with Gasteiger partial charge in [0.1, 0.15) is 5.75 Å². The van der Waals surface area contributed by atoms with Crippen molar-refractivity contribution in [2.24, 2.45) is 0 Å². The van der Waals surface area contributed by atoms with Crippen LogP contribution in [0, 0.1) is 6.92 Å². The number of aromatic nitrogens is 1. The quantitative estimate of drug-likeness (QED) is 0.640. The molecule has 0 fully saturated rings. The summed E-state index contributed by atoms with van der Waals surface area (Å²) >= 11 is 7.23. The van der Waals surface area contributed by atoms with Crippen molar-refractivity contribution >= 4 is 34.1 Å². The fraction of sp³-hybridized carbons (Fsp3) is 0.158. The minimum absolute atomic E-state index is 0.299. The van der Waals surface area contributed by atoms with Crippen molar-refractivity contribution in [3.8, 4) is 17.0 Å². The molecule has 0 unspecified atom stereocenters. The lowest BCUT2D eigenvalue weighted by molar-refractivity contribution is 0.251. The van der Waals surface area contributed by atoms with Crippen LogP contribution in [0.15, 0.2) is 47.8 Å². The Morgan fingerprint density at radius 1 is 1.23 bits per heavy atom. The van der Waals surface area contributed by atoms with Gasteiger partial charge in [0.05, 0.1) is 12.8 Å². The van der Waals surface area contributed by atoms with Gasteiger partial charge < -0.3 is 10.1 Å². The average molecular weight is 388 g/mol. The molecular formula is C19H18ClN3O2S. The SMILES string of the molecule is COc1ccc(-c2csc(NC(=O)NCc3ccc(Cl)cc3)n2)cc1C. The third-order valence-corrected chi connectivity index (χ3v) is 4.79. The predicted molar refractivity (Wildman–Crippen MR) is 106 cm³/mol. The van der Waals surface area contributed by atoms with Gasteiger partial charge in [-0.25, -0.2) is 9.78 Å². The Morgan fingerprint density at radius 3 is 2.69 bits per heavy atom. The van der Waals surface area contributed by atoms with E-state index in [1.807, 2.05) is 42.6 Å². The molecule has 0 aliphatic rings. The number of ether oxygens (including phenoxy) is 1. The molecule has 2 N–H and O–H groups in total. The Hall–Kier alpha value is -2.57. The van der Waals surface area contributed by atoms with Crippen LogP contribution in [0.25, 0.3) is 11.3 Å². The molecule has 7 heteroatoms. The van der Waals surface area contributed by atoms with Crippen LogP contribution < -0.4 is 15.4 Å². The number of rotatable bonds is 5. The van der Waals surface area contributed by atoms with E-state index in [-0.39, 0.29) is 6.03 Å². The van der Waals surface area contributed by atoms with Crippen LogP contribution >= 0.6 is 22.9 Å². The second-order valence-corrected chi connectivity index (χ2v) is 6.95. The maximum atomic E-state index is 12.0. The molecule has 3 aromatic rings. The molecule has 0 radical (unpaired) electrons. The van der Waals surface area contributed by atoms with Crippen molar-refractivity contribution in [3.63, 3.8) is 0 Å². The maximum absolute atomic E-state index is 12.0. The van der Waals surface area contributed by atoms with E-state index in [9.17, 15) is 4.79 Å². The Morgan fingerprint density at radius 2 is 2.00 bits per heavy atom. The zero-order valence-electron chi connectivity index (χ0n) is 14.4. The number of halogens is 1. The number of nitrogens with zero attached hydrogens (tertiary/aromatic N) is 1. The van der Waals surface area contributed by atoms with Gasteiger partial charge in [-0.3, -0.25) is 5.32 Å². The summed E-state index contributed by atoms with van der Waals surface area (Å²) in [5.74, 6) is 0.837. The number of amides is 2. The number of aryl methyl sites for hydroxylation is 1. The highest BCUT2D eigenvalue weighted by Gasteiger charge is 2.09. The number of carbonyl (C=O) groups is 1. The molecule has 134 valence electrons. The first-order valence-corrected chi connectivity index (χ1v) is 9.21. The van der Waals surface area contributed by atoms with Crippen LogP contribution in [0.3, 0.4) is 0 Å². The summed E-state index contributed by atoms with van der Waals surface area (Å²) in [6, 6.07) is 12.9. The van der Waals surface area contributed by atoms with Crippen molar-refractivity contribution in [2.45, 2.75) is 13.5 Å². The second kappa shape index (κ2) is 8.21. The molecule has 0 saturated heterocycles. The molecule has 0 spiro atoms. The summed E-state index contributed by atoms with van der Waals surface area (Å²) in [4.78, 5) is 16.5. The lowest BCUT2D eigenvalue weighted by Crippen LogP contribution is -2.28. The number of urea groups is 1. The van der Waals surface area contributed by atoms with E-state index in [1.54, 1.807) is 19.2 Å². The van der Waals surface area contributed by atoms with Gasteiger partial charge >= 0.3 is 6.03 Å². The molecule has 2 aromatic carbocycles. The topological polar surface area (TPSA) is 63.2 Å². The highest BCUT2D eigenvalue weighted by molar-refractivity contribution is 7.14. The number of hydrogen-bond acceptors (Lipinski definition) is 4. The maximum Gasteiger partial charge on any atom is 0.321 e. The Labute approximate surface area is 161 Å². The summed E-state index contributed by atoms with van der Waals surface area (Å²) in [6.45, 7) is 2.40. The van der Waals surface area contributed by atoms with Crippen molar-refractivity contribution in [1.82, 2.24) is 10.3 Å². The van der Waals surface area contributed by atoms with E-state index < -0.39 is 0 Å². The van der Waals surface area contributed by atoms with Crippen molar-refractivity contribution in [2.75, 3.05) is 12.4 Å². The van der Waals surface area contributed by atoms with Gasteiger partial charge in [0.2, 0.25) is 0 Å². The van der Waals surface area contributed by atoms with Gasteiger partial charge in [0.25, 0.3) is 0 Å². The van der Waals surface area contributed by atoms with E-state index >= 15 is 0 Å². The average Bonchev–Trinajstić information content (AvgIpc) is 3.09. The third kappa shape index (κ3) is 4.53. The van der Waals surface area contributed by atoms with Crippen molar-refractivity contribution in [3.05, 3.63) is 64.0 Å². The monoisotopic (exact) mass is 387 g/mol. The van der Waals surface area contributed by atoms with Crippen LogP contribution in [0.4, 0.5) is 9.93 Å². The Bertz CT molecular complexity index is 909. The normalized spacial score (nSPS) is 10.4. The number of benzene rings is 2. The lowest BCUT2D eigenvalue weighted by Gasteiger charge is -2.06. The highest BCUT2D eigenvalue weighted by Crippen LogP contribution is 2.28. The van der Waals surface area contributed by atoms with Gasteiger partial charge in [-0.05, 0) is 48.4 Å². The largest absolute Gasteiger partial charge is 0.496 e. The molecule has 0 aliphatic heterocycles. The highest BCUT2D eigenvalue weighted by atomic mass is 35.5. The van der Waals surface area contributed by atoms with Crippen LogP contribution in [0.5, 0.6) is 5.75 Å².